The molecule has 3 heterocycles. The second-order valence-corrected chi connectivity index (χ2v) is 8.66. The van der Waals surface area contributed by atoms with Gasteiger partial charge in [0.1, 0.15) is 0 Å². The molecule has 3 rings (SSSR count). The van der Waals surface area contributed by atoms with Crippen molar-refractivity contribution in [2.24, 2.45) is 0 Å². The highest BCUT2D eigenvalue weighted by Gasteiger charge is 2.22. The van der Waals surface area contributed by atoms with Crippen LogP contribution in [0.25, 0.3) is 5.78 Å². The molecule has 1 saturated heterocycles. The number of carbonyl (C=O) groups excluding carboxylic acids is 1. The maximum Gasteiger partial charge on any atom is 0.254 e. The molecular formula is C18H29N7OS. The molecule has 0 bridgehead atoms. The van der Waals surface area contributed by atoms with Gasteiger partial charge in [-0.05, 0) is 52.9 Å². The third-order valence-corrected chi connectivity index (χ3v) is 4.94. The molecule has 1 fully saturated rings. The van der Waals surface area contributed by atoms with E-state index in [1.54, 1.807) is 0 Å². The first-order valence-electron chi connectivity index (χ1n) is 9.32. The lowest BCUT2D eigenvalue weighted by Gasteiger charge is -2.34. The fourth-order valence-electron chi connectivity index (χ4n) is 3.37. The van der Waals surface area contributed by atoms with Crippen molar-refractivity contribution in [3.63, 3.8) is 0 Å². The van der Waals surface area contributed by atoms with E-state index in [-0.39, 0.29) is 11.4 Å². The van der Waals surface area contributed by atoms with Crippen molar-refractivity contribution in [3.05, 3.63) is 22.2 Å². The lowest BCUT2D eigenvalue weighted by Crippen LogP contribution is -2.51. The highest BCUT2D eigenvalue weighted by molar-refractivity contribution is 7.71. The maximum absolute atomic E-state index is 12.1. The molecule has 0 spiro atoms. The van der Waals surface area contributed by atoms with Gasteiger partial charge < -0.3 is 5.32 Å². The van der Waals surface area contributed by atoms with Crippen LogP contribution in [0.3, 0.4) is 0 Å². The van der Waals surface area contributed by atoms with Crippen LogP contribution in [-0.4, -0.2) is 73.1 Å². The second-order valence-electron chi connectivity index (χ2n) is 8.29. The number of aromatic nitrogens is 4. The lowest BCUT2D eigenvalue weighted by molar-refractivity contribution is -0.124. The van der Waals surface area contributed by atoms with Crippen molar-refractivity contribution in [2.75, 3.05) is 32.7 Å². The van der Waals surface area contributed by atoms with Crippen molar-refractivity contribution < 1.29 is 4.79 Å². The van der Waals surface area contributed by atoms with Crippen LogP contribution in [0.2, 0.25) is 0 Å². The quantitative estimate of drug-likeness (QED) is 0.794. The van der Waals surface area contributed by atoms with Crippen LogP contribution in [0.15, 0.2) is 6.07 Å². The highest BCUT2D eigenvalue weighted by atomic mass is 32.1. The first-order chi connectivity index (χ1) is 12.6. The average molecular weight is 392 g/mol. The van der Waals surface area contributed by atoms with Gasteiger partial charge in [0.15, 0.2) is 0 Å². The topological polar surface area (TPSA) is 70.7 Å². The van der Waals surface area contributed by atoms with Crippen LogP contribution in [0.1, 0.15) is 32.2 Å². The summed E-state index contributed by atoms with van der Waals surface area (Å²) in [5.74, 6) is 0.727. The molecular weight excluding hydrogens is 362 g/mol. The van der Waals surface area contributed by atoms with E-state index in [0.717, 1.165) is 37.6 Å². The number of carbonyl (C=O) groups is 1. The molecule has 1 N–H and O–H groups in total. The Morgan fingerprint density at radius 3 is 2.44 bits per heavy atom. The maximum atomic E-state index is 12.1. The van der Waals surface area contributed by atoms with Crippen molar-refractivity contribution in [3.8, 4) is 0 Å². The number of aryl methyl sites for hydroxylation is 2. The molecule has 2 aromatic heterocycles. The van der Waals surface area contributed by atoms with E-state index in [1.807, 2.05) is 49.8 Å². The summed E-state index contributed by atoms with van der Waals surface area (Å²) >= 11 is 5.59. The Kier molecular flexibility index (Phi) is 5.64. The number of amides is 1. The Balaban J connectivity index is 1.59. The molecule has 0 saturated carbocycles. The van der Waals surface area contributed by atoms with Crippen LogP contribution < -0.4 is 5.32 Å². The zero-order valence-corrected chi connectivity index (χ0v) is 17.6. The summed E-state index contributed by atoms with van der Waals surface area (Å²) in [5, 5.41) is 7.60. The summed E-state index contributed by atoms with van der Waals surface area (Å²) in [5.41, 5.74) is 1.79. The number of hydrogen-bond acceptors (Lipinski definition) is 6. The van der Waals surface area contributed by atoms with E-state index >= 15 is 0 Å². The van der Waals surface area contributed by atoms with Crippen molar-refractivity contribution in [2.45, 2.75) is 46.8 Å². The van der Waals surface area contributed by atoms with Crippen LogP contribution in [0.5, 0.6) is 0 Å². The van der Waals surface area contributed by atoms with Gasteiger partial charge in [0.25, 0.3) is 5.78 Å². The summed E-state index contributed by atoms with van der Waals surface area (Å²) < 4.78 is 4.42. The summed E-state index contributed by atoms with van der Waals surface area (Å²) in [7, 11) is 0. The van der Waals surface area contributed by atoms with Crippen molar-refractivity contribution in [1.29, 1.82) is 0 Å². The molecule has 0 aliphatic carbocycles. The molecule has 0 radical (unpaired) electrons. The minimum atomic E-state index is -0.191. The summed E-state index contributed by atoms with van der Waals surface area (Å²) in [6, 6.07) is 2.01. The summed E-state index contributed by atoms with van der Waals surface area (Å²) in [4.78, 5) is 21.1. The number of piperazine rings is 1. The van der Waals surface area contributed by atoms with E-state index in [4.69, 9.17) is 12.2 Å². The van der Waals surface area contributed by atoms with E-state index in [0.29, 0.717) is 23.8 Å². The average Bonchev–Trinajstić information content (AvgIpc) is 2.83. The number of hydrogen-bond donors (Lipinski definition) is 1. The Morgan fingerprint density at radius 2 is 1.81 bits per heavy atom. The Bertz CT molecular complexity index is 887. The van der Waals surface area contributed by atoms with Gasteiger partial charge in [-0.25, -0.2) is 9.67 Å². The molecule has 8 nitrogen and oxygen atoms in total. The molecule has 2 aromatic rings. The van der Waals surface area contributed by atoms with Gasteiger partial charge in [-0.15, -0.1) is 5.10 Å². The lowest BCUT2D eigenvalue weighted by atomic mass is 10.1. The van der Waals surface area contributed by atoms with Gasteiger partial charge in [-0.1, -0.05) is 0 Å². The summed E-state index contributed by atoms with van der Waals surface area (Å²) in [6.07, 6.45) is 0. The molecule has 1 aliphatic rings. The summed E-state index contributed by atoms with van der Waals surface area (Å²) in [6.45, 7) is 14.5. The van der Waals surface area contributed by atoms with E-state index < -0.39 is 0 Å². The molecule has 0 aromatic carbocycles. The number of fused-ring (bicyclic) bond motifs is 1. The van der Waals surface area contributed by atoms with E-state index in [1.165, 1.54) is 0 Å². The number of nitrogens with one attached hydrogen (secondary N) is 1. The van der Waals surface area contributed by atoms with Crippen LogP contribution in [0, 0.1) is 18.6 Å². The van der Waals surface area contributed by atoms with Gasteiger partial charge in [0.2, 0.25) is 10.7 Å². The zero-order valence-electron chi connectivity index (χ0n) is 16.8. The predicted molar refractivity (Wildman–Crippen MR) is 107 cm³/mol. The molecule has 0 unspecified atom stereocenters. The Hall–Kier alpha value is -1.84. The molecule has 27 heavy (non-hydrogen) atoms. The monoisotopic (exact) mass is 391 g/mol. The predicted octanol–water partition coefficient (Wildman–Crippen LogP) is 1.37. The van der Waals surface area contributed by atoms with Gasteiger partial charge in [-0.3, -0.25) is 19.0 Å². The number of rotatable bonds is 4. The molecule has 148 valence electrons. The second kappa shape index (κ2) is 7.65. The van der Waals surface area contributed by atoms with Crippen molar-refractivity contribution >= 4 is 23.9 Å². The standard InChI is InChI=1S/C18H29N7OS/c1-13-10-14(2)25-16(19-13)21-24(17(25)27)12-23-8-6-22(7-9-23)11-15(26)20-18(3,4)5/h10H,6-9,11-12H2,1-5H3,(H,20,26). The van der Waals surface area contributed by atoms with Gasteiger partial charge in [-0.2, -0.15) is 0 Å². The van der Waals surface area contributed by atoms with Gasteiger partial charge in [0.05, 0.1) is 13.2 Å². The first kappa shape index (κ1) is 19.9. The third-order valence-electron chi connectivity index (χ3n) is 4.55. The number of nitrogens with zero attached hydrogens (tertiary/aromatic N) is 6. The smallest absolute Gasteiger partial charge is 0.254 e. The minimum absolute atomic E-state index is 0.0791. The first-order valence-corrected chi connectivity index (χ1v) is 9.73. The van der Waals surface area contributed by atoms with E-state index in [9.17, 15) is 4.79 Å². The fourth-order valence-corrected chi connectivity index (χ4v) is 3.69. The normalized spacial score (nSPS) is 16.8. The Morgan fingerprint density at radius 1 is 1.19 bits per heavy atom. The van der Waals surface area contributed by atoms with Crippen molar-refractivity contribution in [1.82, 2.24) is 34.3 Å². The zero-order chi connectivity index (χ0) is 19.8. The fraction of sp³-hybridized carbons (Fsp3) is 0.667. The minimum Gasteiger partial charge on any atom is -0.350 e. The largest absolute Gasteiger partial charge is 0.350 e. The molecule has 0 atom stereocenters. The highest BCUT2D eigenvalue weighted by Crippen LogP contribution is 2.10. The molecule has 1 amide bonds. The molecule has 1 aliphatic heterocycles. The SMILES string of the molecule is Cc1cc(C)n2c(=S)n(CN3CCN(CC(=O)NC(C)(C)C)CC3)nc2n1. The Labute approximate surface area is 165 Å². The van der Waals surface area contributed by atoms with Crippen LogP contribution in [0.4, 0.5) is 0 Å². The van der Waals surface area contributed by atoms with Crippen LogP contribution >= 0.6 is 12.2 Å². The third kappa shape index (κ3) is 4.91. The van der Waals surface area contributed by atoms with Crippen LogP contribution in [-0.2, 0) is 11.5 Å². The van der Waals surface area contributed by atoms with Gasteiger partial charge >= 0.3 is 0 Å². The van der Waals surface area contributed by atoms with Gasteiger partial charge in [0, 0.05) is 43.1 Å². The van der Waals surface area contributed by atoms with E-state index in [2.05, 4.69) is 25.2 Å². The molecule has 9 heteroatoms.